The van der Waals surface area contributed by atoms with Crippen LogP contribution in [0.15, 0.2) is 42.5 Å². The third-order valence-electron chi connectivity index (χ3n) is 6.83. The molecule has 5 nitrogen and oxygen atoms in total. The molecule has 1 atom stereocenters. The smallest absolute Gasteiger partial charge is 0.228 e. The number of hydrogen-bond acceptors (Lipinski definition) is 3. The molecule has 156 valence electrons. The van der Waals surface area contributed by atoms with Crippen molar-refractivity contribution in [3.8, 4) is 0 Å². The summed E-state index contributed by atoms with van der Waals surface area (Å²) in [6.45, 7) is 5.73. The minimum Gasteiger partial charge on any atom is -0.368 e. The van der Waals surface area contributed by atoms with Crippen molar-refractivity contribution in [1.82, 2.24) is 4.90 Å². The summed E-state index contributed by atoms with van der Waals surface area (Å²) in [5, 5.41) is 0. The predicted octanol–water partition coefficient (Wildman–Crippen LogP) is 3.19. The Morgan fingerprint density at radius 2 is 1.73 bits per heavy atom. The third-order valence-corrected chi connectivity index (χ3v) is 6.83. The summed E-state index contributed by atoms with van der Waals surface area (Å²) in [6, 6.07) is 14.9. The monoisotopic (exact) mass is 403 g/mol. The van der Waals surface area contributed by atoms with Gasteiger partial charge in [-0.2, -0.15) is 0 Å². The number of nitrogens with zero attached hydrogens (tertiary/aromatic N) is 3. The standard InChI is InChI=1S/C25H29N3O2/c1-18-4-2-7-22(14-18)26-10-12-27(13-11-26)25(30)21-16-24(29)28(17-21)23-9-8-19-5-3-6-20(19)15-23/h2,4,7-9,14-15,21H,3,5-6,10-13,16-17H2,1H3. The van der Waals surface area contributed by atoms with Gasteiger partial charge in [0.2, 0.25) is 11.8 Å². The van der Waals surface area contributed by atoms with E-state index in [0.717, 1.165) is 44.7 Å². The van der Waals surface area contributed by atoms with Crippen molar-refractivity contribution in [2.75, 3.05) is 42.5 Å². The van der Waals surface area contributed by atoms with Crippen LogP contribution in [0, 0.1) is 12.8 Å². The van der Waals surface area contributed by atoms with Crippen molar-refractivity contribution in [2.24, 2.45) is 5.92 Å². The molecule has 0 aromatic heterocycles. The molecule has 2 amide bonds. The lowest BCUT2D eigenvalue weighted by Gasteiger charge is -2.37. The van der Waals surface area contributed by atoms with Gasteiger partial charge in [-0.3, -0.25) is 9.59 Å². The second-order valence-corrected chi connectivity index (χ2v) is 8.86. The average Bonchev–Trinajstić information content (AvgIpc) is 3.39. The molecule has 1 unspecified atom stereocenters. The zero-order chi connectivity index (χ0) is 20.7. The van der Waals surface area contributed by atoms with Crippen LogP contribution >= 0.6 is 0 Å². The van der Waals surface area contributed by atoms with Crippen LogP contribution in [-0.2, 0) is 22.4 Å². The molecule has 0 spiro atoms. The van der Waals surface area contributed by atoms with Crippen LogP contribution in [0.4, 0.5) is 11.4 Å². The van der Waals surface area contributed by atoms with Crippen molar-refractivity contribution in [2.45, 2.75) is 32.6 Å². The largest absolute Gasteiger partial charge is 0.368 e. The molecule has 0 bridgehead atoms. The highest BCUT2D eigenvalue weighted by molar-refractivity contribution is 6.00. The number of hydrogen-bond donors (Lipinski definition) is 0. The summed E-state index contributed by atoms with van der Waals surface area (Å²) in [4.78, 5) is 31.9. The lowest BCUT2D eigenvalue weighted by atomic mass is 10.1. The Balaban J connectivity index is 1.22. The van der Waals surface area contributed by atoms with E-state index >= 15 is 0 Å². The average molecular weight is 404 g/mol. The van der Waals surface area contributed by atoms with E-state index in [-0.39, 0.29) is 17.7 Å². The lowest BCUT2D eigenvalue weighted by molar-refractivity contribution is -0.136. The molecule has 30 heavy (non-hydrogen) atoms. The molecular weight excluding hydrogens is 374 g/mol. The molecule has 0 N–H and O–H groups in total. The predicted molar refractivity (Wildman–Crippen MR) is 119 cm³/mol. The molecule has 1 aliphatic carbocycles. The van der Waals surface area contributed by atoms with Gasteiger partial charge in [-0.15, -0.1) is 0 Å². The minimum atomic E-state index is -0.226. The lowest BCUT2D eigenvalue weighted by Crippen LogP contribution is -2.50. The number of carbonyl (C=O) groups excluding carboxylic acids is 2. The SMILES string of the molecule is Cc1cccc(N2CCN(C(=O)C3CC(=O)N(c4ccc5c(c4)CCC5)C3)CC2)c1. The van der Waals surface area contributed by atoms with E-state index in [0.29, 0.717) is 13.0 Å². The first-order valence-electron chi connectivity index (χ1n) is 11.1. The Hall–Kier alpha value is -2.82. The second kappa shape index (κ2) is 7.78. The Morgan fingerprint density at radius 3 is 2.53 bits per heavy atom. The fourth-order valence-electron chi connectivity index (χ4n) is 5.12. The van der Waals surface area contributed by atoms with Gasteiger partial charge in [0.25, 0.3) is 0 Å². The summed E-state index contributed by atoms with van der Waals surface area (Å²) in [7, 11) is 0. The third kappa shape index (κ3) is 3.57. The van der Waals surface area contributed by atoms with Gasteiger partial charge < -0.3 is 14.7 Å². The number of aryl methyl sites for hydroxylation is 3. The van der Waals surface area contributed by atoms with E-state index in [4.69, 9.17) is 0 Å². The first kappa shape index (κ1) is 19.2. The summed E-state index contributed by atoms with van der Waals surface area (Å²) < 4.78 is 0. The highest BCUT2D eigenvalue weighted by atomic mass is 16.2. The molecule has 5 rings (SSSR count). The molecule has 0 radical (unpaired) electrons. The summed E-state index contributed by atoms with van der Waals surface area (Å²) in [5.74, 6) is -0.0168. The van der Waals surface area contributed by atoms with Crippen molar-refractivity contribution >= 4 is 23.2 Å². The van der Waals surface area contributed by atoms with E-state index in [2.05, 4.69) is 54.3 Å². The highest BCUT2D eigenvalue weighted by Crippen LogP contribution is 2.31. The maximum Gasteiger partial charge on any atom is 0.228 e. The van der Waals surface area contributed by atoms with E-state index in [1.165, 1.54) is 28.8 Å². The number of amides is 2. The summed E-state index contributed by atoms with van der Waals surface area (Å²) >= 11 is 0. The first-order valence-corrected chi connectivity index (χ1v) is 11.1. The number of fused-ring (bicyclic) bond motifs is 1. The molecule has 2 heterocycles. The van der Waals surface area contributed by atoms with E-state index < -0.39 is 0 Å². The molecule has 2 fully saturated rings. The van der Waals surface area contributed by atoms with Crippen LogP contribution in [0.5, 0.6) is 0 Å². The minimum absolute atomic E-state index is 0.0738. The molecule has 2 saturated heterocycles. The zero-order valence-electron chi connectivity index (χ0n) is 17.6. The molecule has 2 aromatic carbocycles. The van der Waals surface area contributed by atoms with Crippen molar-refractivity contribution < 1.29 is 9.59 Å². The zero-order valence-corrected chi connectivity index (χ0v) is 17.6. The molecule has 2 aromatic rings. The quantitative estimate of drug-likeness (QED) is 0.791. The van der Waals surface area contributed by atoms with Crippen LogP contribution in [0.3, 0.4) is 0 Å². The number of carbonyl (C=O) groups is 2. The normalized spacial score (nSPS) is 21.3. The molecule has 0 saturated carbocycles. The fourth-order valence-corrected chi connectivity index (χ4v) is 5.12. The van der Waals surface area contributed by atoms with Gasteiger partial charge >= 0.3 is 0 Å². The molecule has 2 aliphatic heterocycles. The van der Waals surface area contributed by atoms with Crippen LogP contribution in [0.25, 0.3) is 0 Å². The van der Waals surface area contributed by atoms with E-state index in [9.17, 15) is 9.59 Å². The molecular formula is C25H29N3O2. The van der Waals surface area contributed by atoms with Gasteiger partial charge in [-0.1, -0.05) is 18.2 Å². The Bertz CT molecular complexity index is 978. The highest BCUT2D eigenvalue weighted by Gasteiger charge is 2.38. The van der Waals surface area contributed by atoms with Crippen molar-refractivity contribution in [3.05, 3.63) is 59.2 Å². The van der Waals surface area contributed by atoms with E-state index in [1.54, 1.807) is 0 Å². The fraction of sp³-hybridized carbons (Fsp3) is 0.440. The van der Waals surface area contributed by atoms with Gasteiger partial charge in [0.15, 0.2) is 0 Å². The number of anilines is 2. The second-order valence-electron chi connectivity index (χ2n) is 8.86. The van der Waals surface area contributed by atoms with Gasteiger partial charge in [-0.05, 0) is 67.1 Å². The number of rotatable bonds is 3. The Kier molecular flexibility index (Phi) is 4.97. The number of piperazine rings is 1. The van der Waals surface area contributed by atoms with Gasteiger partial charge in [0.05, 0.1) is 5.92 Å². The molecule has 3 aliphatic rings. The maximum absolute atomic E-state index is 13.1. The van der Waals surface area contributed by atoms with E-state index in [1.807, 2.05) is 9.80 Å². The van der Waals surface area contributed by atoms with Crippen molar-refractivity contribution in [3.63, 3.8) is 0 Å². The Morgan fingerprint density at radius 1 is 0.933 bits per heavy atom. The first-order chi connectivity index (χ1) is 14.6. The summed E-state index contributed by atoms with van der Waals surface area (Å²) in [6.07, 6.45) is 3.76. The topological polar surface area (TPSA) is 43.9 Å². The van der Waals surface area contributed by atoms with Crippen LogP contribution in [-0.4, -0.2) is 49.4 Å². The van der Waals surface area contributed by atoms with Gasteiger partial charge in [-0.25, -0.2) is 0 Å². The maximum atomic E-state index is 13.1. The number of benzene rings is 2. The van der Waals surface area contributed by atoms with Crippen LogP contribution in [0.2, 0.25) is 0 Å². The van der Waals surface area contributed by atoms with Crippen molar-refractivity contribution in [1.29, 1.82) is 0 Å². The van der Waals surface area contributed by atoms with Crippen LogP contribution < -0.4 is 9.80 Å². The van der Waals surface area contributed by atoms with Gasteiger partial charge in [0, 0.05) is 50.5 Å². The summed E-state index contributed by atoms with van der Waals surface area (Å²) in [5.41, 5.74) is 6.20. The van der Waals surface area contributed by atoms with Gasteiger partial charge in [0.1, 0.15) is 0 Å². The Labute approximate surface area is 178 Å². The van der Waals surface area contributed by atoms with Crippen LogP contribution in [0.1, 0.15) is 29.5 Å². The molecule has 5 heteroatoms.